The van der Waals surface area contributed by atoms with Crippen molar-refractivity contribution < 1.29 is 27.9 Å². The summed E-state index contributed by atoms with van der Waals surface area (Å²) in [5.74, 6) is -2.53. The van der Waals surface area contributed by atoms with Gasteiger partial charge in [-0.2, -0.15) is 4.72 Å². The number of carbonyl (C=O) groups excluding carboxylic acids is 2. The minimum absolute atomic E-state index is 0.0981. The summed E-state index contributed by atoms with van der Waals surface area (Å²) in [5, 5.41) is 12.2. The lowest BCUT2D eigenvalue weighted by Crippen LogP contribution is -2.54. The first-order valence-electron chi connectivity index (χ1n) is 12.5. The van der Waals surface area contributed by atoms with Gasteiger partial charge in [-0.1, -0.05) is 68.3 Å². The van der Waals surface area contributed by atoms with Gasteiger partial charge < -0.3 is 15.3 Å². The molecule has 3 N–H and O–H groups in total. The van der Waals surface area contributed by atoms with Gasteiger partial charge in [-0.05, 0) is 43.4 Å². The number of aryl methyl sites for hydroxylation is 1. The van der Waals surface area contributed by atoms with E-state index in [1.807, 2.05) is 20.8 Å². The van der Waals surface area contributed by atoms with E-state index in [0.717, 1.165) is 5.56 Å². The Labute approximate surface area is 218 Å². The number of sulfonamides is 1. The second-order valence-corrected chi connectivity index (χ2v) is 11.3. The molecule has 200 valence electrons. The molecular weight excluding hydrogens is 494 g/mol. The van der Waals surface area contributed by atoms with Gasteiger partial charge in [-0.15, -0.1) is 0 Å². The summed E-state index contributed by atoms with van der Waals surface area (Å²) in [5.41, 5.74) is 1.41. The number of hydrogen-bond acceptors (Lipinski definition) is 5. The lowest BCUT2D eigenvalue weighted by molar-refractivity contribution is -0.143. The number of rotatable bonds is 10. The molecule has 0 aliphatic carbocycles. The average Bonchev–Trinajstić information content (AvgIpc) is 2.90. The number of nitrogens with zero attached hydrogens (tertiary/aromatic N) is 1. The number of benzene rings is 2. The first-order chi connectivity index (χ1) is 17.5. The van der Waals surface area contributed by atoms with E-state index in [-0.39, 0.29) is 35.7 Å². The average molecular weight is 530 g/mol. The fraction of sp³-hybridized carbons (Fsp3) is 0.444. The molecule has 2 amide bonds. The minimum Gasteiger partial charge on any atom is -0.479 e. The molecule has 3 rings (SSSR count). The molecule has 1 saturated heterocycles. The Kier molecular flexibility index (Phi) is 9.45. The van der Waals surface area contributed by atoms with E-state index >= 15 is 0 Å². The van der Waals surface area contributed by atoms with Crippen molar-refractivity contribution in [3.63, 3.8) is 0 Å². The lowest BCUT2D eigenvalue weighted by atomic mass is 9.93. The van der Waals surface area contributed by atoms with E-state index in [1.165, 1.54) is 12.1 Å². The highest BCUT2D eigenvalue weighted by molar-refractivity contribution is 7.89. The largest absolute Gasteiger partial charge is 0.479 e. The monoisotopic (exact) mass is 529 g/mol. The summed E-state index contributed by atoms with van der Waals surface area (Å²) < 4.78 is 28.6. The van der Waals surface area contributed by atoms with Gasteiger partial charge in [0.1, 0.15) is 6.04 Å². The maximum atomic E-state index is 13.4. The van der Waals surface area contributed by atoms with Crippen molar-refractivity contribution in [2.75, 3.05) is 13.1 Å². The van der Waals surface area contributed by atoms with Crippen molar-refractivity contribution in [2.24, 2.45) is 11.8 Å². The zero-order valence-electron chi connectivity index (χ0n) is 21.4. The Morgan fingerprint density at radius 3 is 2.16 bits per heavy atom. The summed E-state index contributed by atoms with van der Waals surface area (Å²) in [4.78, 5) is 39.7. The summed E-state index contributed by atoms with van der Waals surface area (Å²) in [6.07, 6.45) is 1.31. The number of amides is 2. The van der Waals surface area contributed by atoms with Crippen LogP contribution in [0.4, 0.5) is 0 Å². The maximum absolute atomic E-state index is 13.4. The third-order valence-electron chi connectivity index (χ3n) is 6.94. The second-order valence-electron chi connectivity index (χ2n) is 9.59. The molecule has 1 aliphatic heterocycles. The van der Waals surface area contributed by atoms with Gasteiger partial charge in [-0.25, -0.2) is 13.2 Å². The third-order valence-corrected chi connectivity index (χ3v) is 8.39. The highest BCUT2D eigenvalue weighted by Gasteiger charge is 2.36. The summed E-state index contributed by atoms with van der Waals surface area (Å²) in [6, 6.07) is 12.8. The van der Waals surface area contributed by atoms with Crippen LogP contribution in [0.5, 0.6) is 0 Å². The van der Waals surface area contributed by atoms with E-state index in [1.54, 1.807) is 47.4 Å². The molecule has 0 saturated carbocycles. The number of carboxylic acid groups (broad SMARTS) is 1. The molecule has 0 radical (unpaired) electrons. The predicted octanol–water partition coefficient (Wildman–Crippen LogP) is 2.87. The molecule has 2 aromatic carbocycles. The molecule has 0 spiro atoms. The van der Waals surface area contributed by atoms with Crippen LogP contribution in [-0.4, -0.2) is 55.3 Å². The first kappa shape index (κ1) is 28.3. The van der Waals surface area contributed by atoms with Crippen molar-refractivity contribution in [3.05, 3.63) is 65.7 Å². The molecule has 1 aliphatic rings. The van der Waals surface area contributed by atoms with Gasteiger partial charge in [0.15, 0.2) is 6.04 Å². The first-order valence-corrected chi connectivity index (χ1v) is 14.0. The van der Waals surface area contributed by atoms with Gasteiger partial charge >= 0.3 is 5.97 Å². The van der Waals surface area contributed by atoms with Crippen LogP contribution in [0.2, 0.25) is 0 Å². The zero-order chi connectivity index (χ0) is 27.2. The molecule has 0 bridgehead atoms. The van der Waals surface area contributed by atoms with Crippen molar-refractivity contribution in [1.29, 1.82) is 0 Å². The van der Waals surface area contributed by atoms with E-state index < -0.39 is 34.0 Å². The van der Waals surface area contributed by atoms with Crippen LogP contribution in [0.15, 0.2) is 59.5 Å². The van der Waals surface area contributed by atoms with Crippen LogP contribution < -0.4 is 10.0 Å². The van der Waals surface area contributed by atoms with Crippen LogP contribution in [0, 0.1) is 18.8 Å². The van der Waals surface area contributed by atoms with Crippen molar-refractivity contribution in [3.8, 4) is 0 Å². The van der Waals surface area contributed by atoms with E-state index in [0.29, 0.717) is 24.8 Å². The molecule has 9 nitrogen and oxygen atoms in total. The standard InChI is InChI=1S/C27H35N3O6S/c1-4-19(3)23(29-37(35,36)22-12-10-18(2)11-13-22)26(32)30-16-14-21(15-17-30)25(31)28-24(27(33)34)20-8-6-5-7-9-20/h5-13,19,21,23-24,29H,4,14-17H2,1-3H3,(H,28,31)(H,33,34)/t19-,23-,24-/m0/s1. The maximum Gasteiger partial charge on any atom is 0.330 e. The van der Waals surface area contributed by atoms with Crippen LogP contribution >= 0.6 is 0 Å². The quantitative estimate of drug-likeness (QED) is 0.434. The molecular formula is C27H35N3O6S. The smallest absolute Gasteiger partial charge is 0.330 e. The number of aliphatic carboxylic acids is 1. The Hall–Kier alpha value is -3.24. The highest BCUT2D eigenvalue weighted by Crippen LogP contribution is 2.23. The van der Waals surface area contributed by atoms with Gasteiger partial charge in [0, 0.05) is 19.0 Å². The number of likely N-dealkylation sites (tertiary alicyclic amines) is 1. The molecule has 0 aromatic heterocycles. The summed E-state index contributed by atoms with van der Waals surface area (Å²) in [6.45, 7) is 6.14. The molecule has 37 heavy (non-hydrogen) atoms. The van der Waals surface area contributed by atoms with Crippen molar-refractivity contribution >= 4 is 27.8 Å². The van der Waals surface area contributed by atoms with Crippen LogP contribution in [0.25, 0.3) is 0 Å². The molecule has 1 fully saturated rings. The number of nitrogens with one attached hydrogen (secondary N) is 2. The van der Waals surface area contributed by atoms with E-state index in [4.69, 9.17) is 0 Å². The third kappa shape index (κ3) is 7.17. The number of hydrogen-bond donors (Lipinski definition) is 3. The number of piperidine rings is 1. The Morgan fingerprint density at radius 2 is 1.62 bits per heavy atom. The van der Waals surface area contributed by atoms with Crippen molar-refractivity contribution in [1.82, 2.24) is 14.9 Å². The summed E-state index contributed by atoms with van der Waals surface area (Å²) >= 11 is 0. The second kappa shape index (κ2) is 12.3. The Morgan fingerprint density at radius 1 is 1.03 bits per heavy atom. The van der Waals surface area contributed by atoms with Gasteiger partial charge in [0.05, 0.1) is 4.90 Å². The highest BCUT2D eigenvalue weighted by atomic mass is 32.2. The SMILES string of the molecule is CC[C@H](C)[C@H](NS(=O)(=O)c1ccc(C)cc1)C(=O)N1CCC(C(=O)N[C@H](C(=O)O)c2ccccc2)CC1. The number of carbonyl (C=O) groups is 3. The van der Waals surface area contributed by atoms with E-state index in [9.17, 15) is 27.9 Å². The molecule has 10 heteroatoms. The van der Waals surface area contributed by atoms with Crippen LogP contribution in [0.3, 0.4) is 0 Å². The normalized spacial score (nSPS) is 17.0. The fourth-order valence-corrected chi connectivity index (χ4v) is 5.65. The minimum atomic E-state index is -3.90. The van der Waals surface area contributed by atoms with E-state index in [2.05, 4.69) is 10.0 Å². The van der Waals surface area contributed by atoms with Gasteiger partial charge in [0.25, 0.3) is 0 Å². The fourth-order valence-electron chi connectivity index (χ4n) is 4.35. The number of carboxylic acids is 1. The zero-order valence-corrected chi connectivity index (χ0v) is 22.2. The van der Waals surface area contributed by atoms with Gasteiger partial charge in [0.2, 0.25) is 21.8 Å². The Balaban J connectivity index is 1.65. The molecule has 3 atom stereocenters. The van der Waals surface area contributed by atoms with Gasteiger partial charge in [-0.3, -0.25) is 9.59 Å². The molecule has 0 unspecified atom stereocenters. The summed E-state index contributed by atoms with van der Waals surface area (Å²) in [7, 11) is -3.90. The van der Waals surface area contributed by atoms with Crippen LogP contribution in [-0.2, 0) is 24.4 Å². The lowest BCUT2D eigenvalue weighted by Gasteiger charge is -2.35. The Bertz CT molecular complexity index is 1190. The van der Waals surface area contributed by atoms with Crippen molar-refractivity contribution in [2.45, 2.75) is 57.0 Å². The molecule has 1 heterocycles. The topological polar surface area (TPSA) is 133 Å². The van der Waals surface area contributed by atoms with Crippen LogP contribution in [0.1, 0.15) is 50.3 Å². The molecule has 2 aromatic rings. The predicted molar refractivity (Wildman–Crippen MR) is 139 cm³/mol.